The first-order chi connectivity index (χ1) is 19.2. The number of benzene rings is 3. The van der Waals surface area contributed by atoms with Crippen molar-refractivity contribution < 1.29 is 19.4 Å². The molecule has 9 heteroatoms. The van der Waals surface area contributed by atoms with Gasteiger partial charge < -0.3 is 25.4 Å². The van der Waals surface area contributed by atoms with E-state index in [-0.39, 0.29) is 24.5 Å². The van der Waals surface area contributed by atoms with E-state index in [0.29, 0.717) is 53.0 Å². The lowest BCUT2D eigenvalue weighted by Crippen LogP contribution is -2.48. The zero-order chi connectivity index (χ0) is 28.6. The Balaban J connectivity index is 1.52. The molecule has 0 aromatic heterocycles. The number of hydrogen-bond acceptors (Lipinski definition) is 5. The molecule has 1 aliphatic rings. The van der Waals surface area contributed by atoms with Crippen LogP contribution in [0.4, 0.5) is 5.69 Å². The Labute approximate surface area is 245 Å². The Kier molecular flexibility index (Phi) is 10.5. The number of rotatable bonds is 12. The largest absolute Gasteiger partial charge is 0.491 e. The summed E-state index contributed by atoms with van der Waals surface area (Å²) in [6, 6.07) is 19.6. The number of nitrogens with zero attached hydrogens (tertiary/aromatic N) is 1. The molecule has 0 unspecified atom stereocenters. The molecule has 40 heavy (non-hydrogen) atoms. The van der Waals surface area contributed by atoms with Gasteiger partial charge in [-0.3, -0.25) is 9.59 Å². The van der Waals surface area contributed by atoms with Crippen molar-refractivity contribution in [3.63, 3.8) is 0 Å². The average molecular weight is 585 g/mol. The van der Waals surface area contributed by atoms with Gasteiger partial charge in [0.2, 0.25) is 5.91 Å². The average Bonchev–Trinajstić information content (AvgIpc) is 3.33. The van der Waals surface area contributed by atoms with E-state index in [1.54, 1.807) is 29.2 Å². The van der Waals surface area contributed by atoms with E-state index in [0.717, 1.165) is 17.5 Å². The van der Waals surface area contributed by atoms with Gasteiger partial charge >= 0.3 is 0 Å². The van der Waals surface area contributed by atoms with Gasteiger partial charge in [0.15, 0.2) is 0 Å². The van der Waals surface area contributed by atoms with Crippen molar-refractivity contribution in [1.29, 1.82) is 0 Å². The molecule has 0 aliphatic carbocycles. The minimum Gasteiger partial charge on any atom is -0.491 e. The second kappa shape index (κ2) is 14.0. The van der Waals surface area contributed by atoms with Crippen LogP contribution in [0, 0.1) is 0 Å². The van der Waals surface area contributed by atoms with Crippen molar-refractivity contribution in [2.45, 2.75) is 57.9 Å². The lowest BCUT2D eigenvalue weighted by molar-refractivity contribution is -0.117. The smallest absolute Gasteiger partial charge is 0.251 e. The van der Waals surface area contributed by atoms with Gasteiger partial charge in [0.1, 0.15) is 5.75 Å². The lowest BCUT2D eigenvalue weighted by Gasteiger charge is -2.26. The minimum absolute atomic E-state index is 0.0255. The number of nitrogens with one attached hydrogen (secondary N) is 2. The van der Waals surface area contributed by atoms with Gasteiger partial charge in [0.05, 0.1) is 18.2 Å². The van der Waals surface area contributed by atoms with Crippen molar-refractivity contribution >= 4 is 40.7 Å². The number of hydrogen-bond donors (Lipinski definition) is 3. The molecule has 1 fully saturated rings. The highest BCUT2D eigenvalue weighted by Crippen LogP contribution is 2.28. The summed E-state index contributed by atoms with van der Waals surface area (Å²) in [6.45, 7) is 5.09. The zero-order valence-electron chi connectivity index (χ0n) is 22.7. The number of amides is 2. The van der Waals surface area contributed by atoms with E-state index in [4.69, 9.17) is 27.9 Å². The molecule has 4 rings (SSSR count). The van der Waals surface area contributed by atoms with Gasteiger partial charge in [-0.25, -0.2) is 0 Å². The van der Waals surface area contributed by atoms with E-state index in [9.17, 15) is 14.7 Å². The maximum Gasteiger partial charge on any atom is 0.251 e. The van der Waals surface area contributed by atoms with Crippen molar-refractivity contribution in [2.75, 3.05) is 18.0 Å². The number of halogens is 2. The second-order valence-electron chi connectivity index (χ2n) is 10.3. The number of ether oxygens (including phenoxy) is 1. The molecule has 1 aliphatic heterocycles. The topological polar surface area (TPSA) is 90.9 Å². The highest BCUT2D eigenvalue weighted by atomic mass is 35.5. The van der Waals surface area contributed by atoms with Crippen LogP contribution in [0.3, 0.4) is 0 Å². The molecule has 212 valence electrons. The summed E-state index contributed by atoms with van der Waals surface area (Å²) in [5, 5.41) is 18.5. The Morgan fingerprint density at radius 2 is 1.75 bits per heavy atom. The monoisotopic (exact) mass is 583 g/mol. The summed E-state index contributed by atoms with van der Waals surface area (Å²) in [7, 11) is 0. The summed E-state index contributed by atoms with van der Waals surface area (Å²) in [5.74, 6) is 0.181. The van der Waals surface area contributed by atoms with Crippen LogP contribution in [-0.4, -0.2) is 48.3 Å². The van der Waals surface area contributed by atoms with Crippen molar-refractivity contribution in [2.24, 2.45) is 0 Å². The number of anilines is 1. The summed E-state index contributed by atoms with van der Waals surface area (Å²) in [4.78, 5) is 27.7. The van der Waals surface area contributed by atoms with Gasteiger partial charge in [-0.1, -0.05) is 53.5 Å². The molecule has 0 bridgehead atoms. The van der Waals surface area contributed by atoms with Crippen molar-refractivity contribution in [1.82, 2.24) is 10.6 Å². The van der Waals surface area contributed by atoms with Gasteiger partial charge in [0.25, 0.3) is 5.91 Å². The molecule has 3 aromatic carbocycles. The van der Waals surface area contributed by atoms with Gasteiger partial charge in [0, 0.05) is 53.4 Å². The molecule has 2 atom stereocenters. The first kappa shape index (κ1) is 29.9. The summed E-state index contributed by atoms with van der Waals surface area (Å²) < 4.78 is 5.90. The second-order valence-corrected chi connectivity index (χ2v) is 11.1. The van der Waals surface area contributed by atoms with Crippen LogP contribution in [0.2, 0.25) is 10.0 Å². The fourth-order valence-corrected chi connectivity index (χ4v) is 5.33. The lowest BCUT2D eigenvalue weighted by atomic mass is 10.00. The fraction of sp³-hybridized carbons (Fsp3) is 0.355. The predicted octanol–water partition coefficient (Wildman–Crippen LogP) is 5.40. The Hall–Kier alpha value is -3.10. The van der Waals surface area contributed by atoms with Gasteiger partial charge in [-0.2, -0.15) is 0 Å². The molecule has 7 nitrogen and oxygen atoms in total. The maximum absolute atomic E-state index is 13.6. The molecule has 0 radical (unpaired) electrons. The SMILES string of the molecule is CC(C)Oc1cc(C(=O)N[C@@H](Cc2ccccc2)[C@@H](O)CNCc2cc(Cl)cc(Cl)c2)cc(N2CCCC2=O)c1. The van der Waals surface area contributed by atoms with Crippen molar-refractivity contribution in [3.8, 4) is 5.75 Å². The Morgan fingerprint density at radius 3 is 2.40 bits per heavy atom. The Morgan fingerprint density at radius 1 is 1.02 bits per heavy atom. The molecule has 0 spiro atoms. The predicted molar refractivity (Wildman–Crippen MR) is 159 cm³/mol. The van der Waals surface area contributed by atoms with Crippen molar-refractivity contribution in [3.05, 3.63) is 93.5 Å². The van der Waals surface area contributed by atoms with E-state index >= 15 is 0 Å². The first-order valence-electron chi connectivity index (χ1n) is 13.5. The van der Waals surface area contributed by atoms with Crippen LogP contribution in [0.15, 0.2) is 66.7 Å². The van der Waals surface area contributed by atoms with Crippen LogP contribution in [0.25, 0.3) is 0 Å². The van der Waals surface area contributed by atoms with Crippen LogP contribution in [0.1, 0.15) is 48.2 Å². The fourth-order valence-electron chi connectivity index (χ4n) is 4.75. The standard InChI is InChI=1S/C31H35Cl2N3O4/c1-20(2)40-27-15-23(14-26(17-27)36-10-6-9-30(36)38)31(39)35-28(13-21-7-4-3-5-8-21)29(37)19-34-18-22-11-24(32)16-25(33)12-22/h3-5,7-8,11-12,14-17,20,28-29,34,37H,6,9-10,13,18-19H2,1-2H3,(H,35,39)/t28-,29-/m0/s1. The number of carbonyl (C=O) groups is 2. The van der Waals surface area contributed by atoms with Gasteiger partial charge in [-0.15, -0.1) is 0 Å². The number of aliphatic hydroxyl groups is 1. The third-order valence-electron chi connectivity index (χ3n) is 6.59. The van der Waals surface area contributed by atoms with E-state index in [1.807, 2.05) is 56.3 Å². The van der Waals surface area contributed by atoms with E-state index in [2.05, 4.69) is 10.6 Å². The van der Waals surface area contributed by atoms with E-state index in [1.165, 1.54) is 0 Å². The van der Waals surface area contributed by atoms with Crippen LogP contribution in [0.5, 0.6) is 5.75 Å². The third-order valence-corrected chi connectivity index (χ3v) is 7.03. The normalized spacial score (nSPS) is 14.8. The summed E-state index contributed by atoms with van der Waals surface area (Å²) in [5.41, 5.74) is 2.86. The molecule has 3 aromatic rings. The highest BCUT2D eigenvalue weighted by molar-refractivity contribution is 6.34. The molecular formula is C31H35Cl2N3O4. The highest BCUT2D eigenvalue weighted by Gasteiger charge is 2.26. The van der Waals surface area contributed by atoms with Crippen LogP contribution >= 0.6 is 23.2 Å². The summed E-state index contributed by atoms with van der Waals surface area (Å²) in [6.07, 6.45) is 0.686. The molecule has 1 heterocycles. The molecular weight excluding hydrogens is 549 g/mol. The first-order valence-corrected chi connectivity index (χ1v) is 14.2. The molecule has 1 saturated heterocycles. The van der Waals surface area contributed by atoms with Crippen LogP contribution < -0.4 is 20.3 Å². The molecule has 0 saturated carbocycles. The number of aliphatic hydroxyl groups excluding tert-OH is 1. The number of carbonyl (C=O) groups excluding carboxylic acids is 2. The van der Waals surface area contributed by atoms with E-state index < -0.39 is 12.1 Å². The Bertz CT molecular complexity index is 1300. The molecule has 2 amide bonds. The molecule has 3 N–H and O–H groups in total. The maximum atomic E-state index is 13.6. The summed E-state index contributed by atoms with van der Waals surface area (Å²) >= 11 is 12.2. The zero-order valence-corrected chi connectivity index (χ0v) is 24.2. The quantitative estimate of drug-likeness (QED) is 0.265. The van der Waals surface area contributed by atoms with Crippen LogP contribution in [-0.2, 0) is 17.8 Å². The third kappa shape index (κ3) is 8.45. The van der Waals surface area contributed by atoms with Gasteiger partial charge in [-0.05, 0) is 68.1 Å². The minimum atomic E-state index is -0.895.